The van der Waals surface area contributed by atoms with Crippen LogP contribution in [0.25, 0.3) is 0 Å². The number of fused-ring (bicyclic) bond motifs is 1. The number of aliphatic hydroxyl groups excluding tert-OH is 2. The molecule has 4 atom stereocenters. The average Bonchev–Trinajstić information content (AvgIpc) is 2.76. The fraction of sp³-hybridized carbons (Fsp3) is 0.933. The van der Waals surface area contributed by atoms with Crippen molar-refractivity contribution in [2.45, 2.75) is 56.8 Å². The maximum atomic E-state index is 12.5. The van der Waals surface area contributed by atoms with Gasteiger partial charge in [-0.1, -0.05) is 12.8 Å². The van der Waals surface area contributed by atoms with Crippen LogP contribution in [0.2, 0.25) is 0 Å². The summed E-state index contributed by atoms with van der Waals surface area (Å²) in [5.41, 5.74) is 0. The summed E-state index contributed by atoms with van der Waals surface area (Å²) < 4.78 is 0. The van der Waals surface area contributed by atoms with Gasteiger partial charge in [-0.2, -0.15) is 0 Å². The van der Waals surface area contributed by atoms with Crippen LogP contribution in [0.5, 0.6) is 0 Å². The van der Waals surface area contributed by atoms with E-state index in [2.05, 4.69) is 4.90 Å². The second kappa shape index (κ2) is 6.00. The molecule has 3 aliphatic rings. The van der Waals surface area contributed by atoms with Crippen molar-refractivity contribution in [3.05, 3.63) is 0 Å². The number of rotatable bonds is 2. The Morgan fingerprint density at radius 3 is 2.40 bits per heavy atom. The van der Waals surface area contributed by atoms with E-state index in [1.165, 1.54) is 25.7 Å². The summed E-state index contributed by atoms with van der Waals surface area (Å²) in [5.74, 6) is 0.888. The Labute approximate surface area is 120 Å². The van der Waals surface area contributed by atoms with E-state index < -0.39 is 12.2 Å². The van der Waals surface area contributed by atoms with E-state index in [4.69, 9.17) is 0 Å². The summed E-state index contributed by atoms with van der Waals surface area (Å²) in [6.07, 6.45) is 5.98. The molecule has 2 N–H and O–H groups in total. The Balaban J connectivity index is 1.58. The van der Waals surface area contributed by atoms with E-state index >= 15 is 0 Å². The van der Waals surface area contributed by atoms with Crippen molar-refractivity contribution >= 4 is 5.91 Å². The largest absolute Gasteiger partial charge is 0.389 e. The molecule has 1 saturated carbocycles. The van der Waals surface area contributed by atoms with E-state index in [-0.39, 0.29) is 5.91 Å². The number of piperidine rings is 1. The first kappa shape index (κ1) is 14.3. The van der Waals surface area contributed by atoms with Crippen LogP contribution >= 0.6 is 0 Å². The van der Waals surface area contributed by atoms with Crippen LogP contribution in [0, 0.1) is 5.92 Å². The van der Waals surface area contributed by atoms with Crippen molar-refractivity contribution in [3.8, 4) is 0 Å². The second-order valence-electron chi connectivity index (χ2n) is 6.67. The number of likely N-dealkylation sites (tertiary alicyclic amines) is 2. The molecule has 1 amide bonds. The zero-order valence-corrected chi connectivity index (χ0v) is 12.1. The predicted molar refractivity (Wildman–Crippen MR) is 75.1 cm³/mol. The van der Waals surface area contributed by atoms with Crippen molar-refractivity contribution in [3.63, 3.8) is 0 Å². The Morgan fingerprint density at radius 1 is 1.00 bits per heavy atom. The smallest absolute Gasteiger partial charge is 0.237 e. The highest BCUT2D eigenvalue weighted by molar-refractivity contribution is 5.78. The lowest BCUT2D eigenvalue weighted by Crippen LogP contribution is -2.52. The normalized spacial score (nSPS) is 38.8. The van der Waals surface area contributed by atoms with Gasteiger partial charge in [0.2, 0.25) is 5.91 Å². The van der Waals surface area contributed by atoms with Gasteiger partial charge in [0.15, 0.2) is 0 Å². The van der Waals surface area contributed by atoms with Crippen LogP contribution in [-0.4, -0.2) is 70.3 Å². The summed E-state index contributed by atoms with van der Waals surface area (Å²) in [6, 6.07) is 0.447. The van der Waals surface area contributed by atoms with E-state index in [1.807, 2.05) is 4.90 Å². The van der Waals surface area contributed by atoms with Crippen LogP contribution in [0.15, 0.2) is 0 Å². The molecule has 1 aliphatic carbocycles. The first-order valence-corrected chi connectivity index (χ1v) is 8.03. The molecular formula is C15H26N2O3. The predicted octanol–water partition coefficient (Wildman–Crippen LogP) is 0.205. The molecule has 0 spiro atoms. The molecule has 114 valence electrons. The standard InChI is InChI=1S/C15H26N2O3/c18-13-8-16(9-14(13)19)10-15(20)17-7-3-5-11-4-1-2-6-12(11)17/h11-14,18-19H,1-10H2. The number of β-amino-alcohol motifs (C(OH)–C–C–N with tert-alkyl or cyclic N) is 2. The summed E-state index contributed by atoms with van der Waals surface area (Å²) in [5, 5.41) is 19.1. The lowest BCUT2D eigenvalue weighted by molar-refractivity contribution is -0.138. The molecule has 3 rings (SSSR count). The minimum absolute atomic E-state index is 0.183. The number of carbonyl (C=O) groups is 1. The molecule has 0 bridgehead atoms. The summed E-state index contributed by atoms with van der Waals surface area (Å²) >= 11 is 0. The van der Waals surface area contributed by atoms with Gasteiger partial charge in [0, 0.05) is 25.7 Å². The topological polar surface area (TPSA) is 64.0 Å². The monoisotopic (exact) mass is 282 g/mol. The molecule has 20 heavy (non-hydrogen) atoms. The second-order valence-corrected chi connectivity index (χ2v) is 6.67. The van der Waals surface area contributed by atoms with Gasteiger partial charge in [-0.15, -0.1) is 0 Å². The number of aliphatic hydroxyl groups is 2. The van der Waals surface area contributed by atoms with Crippen molar-refractivity contribution < 1.29 is 15.0 Å². The zero-order valence-electron chi connectivity index (χ0n) is 12.1. The van der Waals surface area contributed by atoms with Crippen LogP contribution < -0.4 is 0 Å². The van der Waals surface area contributed by atoms with Crippen molar-refractivity contribution in [1.29, 1.82) is 0 Å². The highest BCUT2D eigenvalue weighted by atomic mass is 16.3. The number of nitrogens with zero attached hydrogens (tertiary/aromatic N) is 2. The first-order valence-electron chi connectivity index (χ1n) is 8.03. The lowest BCUT2D eigenvalue weighted by Gasteiger charge is -2.44. The van der Waals surface area contributed by atoms with Gasteiger partial charge in [-0.25, -0.2) is 0 Å². The van der Waals surface area contributed by atoms with Gasteiger partial charge < -0.3 is 15.1 Å². The Bertz CT molecular complexity index is 351. The summed E-state index contributed by atoms with van der Waals surface area (Å²) in [7, 11) is 0. The molecular weight excluding hydrogens is 256 g/mol. The van der Waals surface area contributed by atoms with Crippen LogP contribution in [0.3, 0.4) is 0 Å². The van der Waals surface area contributed by atoms with Gasteiger partial charge >= 0.3 is 0 Å². The van der Waals surface area contributed by atoms with Gasteiger partial charge in [0.1, 0.15) is 0 Å². The maximum Gasteiger partial charge on any atom is 0.237 e. The van der Waals surface area contributed by atoms with Crippen molar-refractivity contribution in [2.75, 3.05) is 26.2 Å². The SMILES string of the molecule is O=C(CN1CC(O)C(O)C1)N1CCCC2CCCCC21. The molecule has 0 radical (unpaired) electrons. The highest BCUT2D eigenvalue weighted by Gasteiger charge is 2.37. The van der Waals surface area contributed by atoms with Gasteiger partial charge in [-0.05, 0) is 31.6 Å². The van der Waals surface area contributed by atoms with Crippen LogP contribution in [0.1, 0.15) is 38.5 Å². The minimum atomic E-state index is -0.702. The number of carbonyl (C=O) groups excluding carboxylic acids is 1. The van der Waals surface area contributed by atoms with E-state index in [0.717, 1.165) is 19.4 Å². The Hall–Kier alpha value is -0.650. The Kier molecular flexibility index (Phi) is 4.29. The molecule has 5 nitrogen and oxygen atoms in total. The average molecular weight is 282 g/mol. The van der Waals surface area contributed by atoms with Crippen LogP contribution in [-0.2, 0) is 4.79 Å². The third-order valence-corrected chi connectivity index (χ3v) is 5.26. The summed E-state index contributed by atoms with van der Waals surface area (Å²) in [6.45, 7) is 2.06. The molecule has 3 fully saturated rings. The zero-order chi connectivity index (χ0) is 14.1. The quantitative estimate of drug-likeness (QED) is 0.760. The molecule has 2 aliphatic heterocycles. The molecule has 0 aromatic rings. The van der Waals surface area contributed by atoms with E-state index in [0.29, 0.717) is 31.6 Å². The van der Waals surface area contributed by atoms with E-state index in [9.17, 15) is 15.0 Å². The van der Waals surface area contributed by atoms with Gasteiger partial charge in [0.25, 0.3) is 0 Å². The molecule has 2 saturated heterocycles. The molecule has 0 aromatic heterocycles. The van der Waals surface area contributed by atoms with Crippen LogP contribution in [0.4, 0.5) is 0 Å². The molecule has 2 heterocycles. The van der Waals surface area contributed by atoms with E-state index in [1.54, 1.807) is 0 Å². The molecule has 4 unspecified atom stereocenters. The number of amides is 1. The lowest BCUT2D eigenvalue weighted by atomic mass is 9.78. The third-order valence-electron chi connectivity index (χ3n) is 5.26. The summed E-state index contributed by atoms with van der Waals surface area (Å²) in [4.78, 5) is 16.5. The first-order chi connectivity index (χ1) is 9.65. The fourth-order valence-corrected chi connectivity index (χ4v) is 4.19. The molecule has 0 aromatic carbocycles. The maximum absolute atomic E-state index is 12.5. The van der Waals surface area contributed by atoms with Gasteiger partial charge in [-0.3, -0.25) is 9.69 Å². The Morgan fingerprint density at radius 2 is 1.65 bits per heavy atom. The fourth-order valence-electron chi connectivity index (χ4n) is 4.19. The van der Waals surface area contributed by atoms with Gasteiger partial charge in [0.05, 0.1) is 18.8 Å². The third kappa shape index (κ3) is 2.85. The highest BCUT2D eigenvalue weighted by Crippen LogP contribution is 2.35. The minimum Gasteiger partial charge on any atom is -0.389 e. The van der Waals surface area contributed by atoms with Crippen molar-refractivity contribution in [2.24, 2.45) is 5.92 Å². The molecule has 5 heteroatoms. The van der Waals surface area contributed by atoms with Crippen molar-refractivity contribution in [1.82, 2.24) is 9.80 Å². The number of hydrogen-bond acceptors (Lipinski definition) is 4. The number of hydrogen-bond donors (Lipinski definition) is 2.